The summed E-state index contributed by atoms with van der Waals surface area (Å²) in [6, 6.07) is 13.7. The minimum atomic E-state index is -0.310. The maximum atomic E-state index is 13.2. The van der Waals surface area contributed by atoms with Crippen LogP contribution in [0.4, 0.5) is 27.9 Å². The lowest BCUT2D eigenvalue weighted by Gasteiger charge is -2.27. The van der Waals surface area contributed by atoms with Crippen molar-refractivity contribution in [2.75, 3.05) is 41.9 Å². The summed E-state index contributed by atoms with van der Waals surface area (Å²) in [7, 11) is 0. The van der Waals surface area contributed by atoms with Crippen molar-refractivity contribution in [2.45, 2.75) is 0 Å². The molecule has 1 aromatic heterocycles. The Kier molecular flexibility index (Phi) is 6.45. The number of ether oxygens (including phenoxy) is 1. The quantitative estimate of drug-likeness (QED) is 0.417. The highest BCUT2D eigenvalue weighted by atomic mass is 79.9. The van der Waals surface area contributed by atoms with E-state index in [1.807, 2.05) is 29.2 Å². The molecular formula is C20H19BrFN7O. The molecule has 30 heavy (non-hydrogen) atoms. The van der Waals surface area contributed by atoms with E-state index in [-0.39, 0.29) is 5.82 Å². The van der Waals surface area contributed by atoms with Crippen LogP contribution in [-0.2, 0) is 4.74 Å². The number of benzene rings is 2. The number of hydrazone groups is 1. The molecule has 4 rings (SSSR count). The minimum Gasteiger partial charge on any atom is -0.378 e. The topological polar surface area (TPSA) is 87.6 Å². The van der Waals surface area contributed by atoms with Gasteiger partial charge in [-0.2, -0.15) is 20.1 Å². The first kappa shape index (κ1) is 20.2. The van der Waals surface area contributed by atoms with Crippen molar-refractivity contribution >= 4 is 45.7 Å². The van der Waals surface area contributed by atoms with Gasteiger partial charge in [0.2, 0.25) is 17.8 Å². The van der Waals surface area contributed by atoms with E-state index in [0.29, 0.717) is 49.8 Å². The Morgan fingerprint density at radius 1 is 0.967 bits per heavy atom. The van der Waals surface area contributed by atoms with Crippen molar-refractivity contribution in [3.8, 4) is 0 Å². The van der Waals surface area contributed by atoms with Crippen molar-refractivity contribution < 1.29 is 9.13 Å². The molecule has 0 bridgehead atoms. The summed E-state index contributed by atoms with van der Waals surface area (Å²) in [6.07, 6.45) is 1.68. The van der Waals surface area contributed by atoms with Gasteiger partial charge in [0.05, 0.1) is 19.4 Å². The van der Waals surface area contributed by atoms with E-state index in [4.69, 9.17) is 4.74 Å². The highest BCUT2D eigenvalue weighted by Gasteiger charge is 2.16. The van der Waals surface area contributed by atoms with Gasteiger partial charge < -0.3 is 15.0 Å². The summed E-state index contributed by atoms with van der Waals surface area (Å²) in [4.78, 5) is 15.4. The molecule has 2 N–H and O–H groups in total. The number of nitrogens with zero attached hydrogens (tertiary/aromatic N) is 5. The zero-order chi connectivity index (χ0) is 20.8. The van der Waals surface area contributed by atoms with Crippen LogP contribution in [0.5, 0.6) is 0 Å². The molecule has 1 saturated heterocycles. The van der Waals surface area contributed by atoms with Gasteiger partial charge in [-0.3, -0.25) is 0 Å². The van der Waals surface area contributed by atoms with Gasteiger partial charge in [0.1, 0.15) is 5.82 Å². The predicted octanol–water partition coefficient (Wildman–Crippen LogP) is 3.80. The largest absolute Gasteiger partial charge is 0.378 e. The Bertz CT molecular complexity index is 1010. The Balaban J connectivity index is 1.55. The second kappa shape index (κ2) is 9.59. The molecule has 10 heteroatoms. The van der Waals surface area contributed by atoms with Crippen LogP contribution in [0.1, 0.15) is 5.56 Å². The van der Waals surface area contributed by atoms with Gasteiger partial charge >= 0.3 is 0 Å². The third-order valence-electron chi connectivity index (χ3n) is 4.27. The molecule has 1 fully saturated rings. The molecular weight excluding hydrogens is 453 g/mol. The normalized spacial score (nSPS) is 14.1. The van der Waals surface area contributed by atoms with E-state index in [1.165, 1.54) is 12.1 Å². The lowest BCUT2D eigenvalue weighted by atomic mass is 10.2. The van der Waals surface area contributed by atoms with Crippen molar-refractivity contribution in [2.24, 2.45) is 5.10 Å². The van der Waals surface area contributed by atoms with Crippen LogP contribution in [-0.4, -0.2) is 47.5 Å². The minimum absolute atomic E-state index is 0.296. The molecule has 8 nitrogen and oxygen atoms in total. The van der Waals surface area contributed by atoms with Crippen molar-refractivity contribution in [1.82, 2.24) is 15.0 Å². The van der Waals surface area contributed by atoms with E-state index in [9.17, 15) is 4.39 Å². The summed E-state index contributed by atoms with van der Waals surface area (Å²) in [5, 5.41) is 7.31. The lowest BCUT2D eigenvalue weighted by Crippen LogP contribution is -2.37. The van der Waals surface area contributed by atoms with Crippen LogP contribution < -0.4 is 15.6 Å². The number of anilines is 4. The number of hydrogen-bond acceptors (Lipinski definition) is 8. The second-order valence-electron chi connectivity index (χ2n) is 6.44. The zero-order valence-electron chi connectivity index (χ0n) is 15.9. The van der Waals surface area contributed by atoms with Crippen LogP contribution in [0.25, 0.3) is 0 Å². The van der Waals surface area contributed by atoms with Crippen molar-refractivity contribution in [3.63, 3.8) is 0 Å². The molecule has 1 aliphatic rings. The van der Waals surface area contributed by atoms with E-state index in [1.54, 1.807) is 18.3 Å². The third kappa shape index (κ3) is 5.49. The van der Waals surface area contributed by atoms with Crippen molar-refractivity contribution in [1.29, 1.82) is 0 Å². The Hall–Kier alpha value is -3.11. The standard InChI is InChI=1S/C20H19BrFN7O/c21-15-3-1-14(2-4-15)13-23-28-19-25-18(24-17-7-5-16(22)6-8-17)26-20(27-19)29-9-11-30-12-10-29/h1-8,13H,9-12H2,(H2,24,25,26,27,28). The van der Waals surface area contributed by atoms with Gasteiger partial charge in [0, 0.05) is 23.2 Å². The number of aromatic nitrogens is 3. The number of nitrogens with one attached hydrogen (secondary N) is 2. The van der Waals surface area contributed by atoms with E-state index < -0.39 is 0 Å². The number of halogens is 2. The van der Waals surface area contributed by atoms with Crippen LogP contribution in [0, 0.1) is 5.82 Å². The summed E-state index contributed by atoms with van der Waals surface area (Å²) >= 11 is 3.41. The van der Waals surface area contributed by atoms with Crippen LogP contribution in [0.3, 0.4) is 0 Å². The molecule has 0 saturated carbocycles. The Morgan fingerprint density at radius 2 is 1.67 bits per heavy atom. The molecule has 0 amide bonds. The fourth-order valence-corrected chi connectivity index (χ4v) is 3.02. The molecule has 2 aromatic carbocycles. The zero-order valence-corrected chi connectivity index (χ0v) is 17.5. The highest BCUT2D eigenvalue weighted by molar-refractivity contribution is 9.10. The predicted molar refractivity (Wildman–Crippen MR) is 118 cm³/mol. The summed E-state index contributed by atoms with van der Waals surface area (Å²) in [6.45, 7) is 2.58. The average molecular weight is 472 g/mol. The fraction of sp³-hybridized carbons (Fsp3) is 0.200. The van der Waals surface area contributed by atoms with E-state index >= 15 is 0 Å². The fourth-order valence-electron chi connectivity index (χ4n) is 2.75. The molecule has 154 valence electrons. The monoisotopic (exact) mass is 471 g/mol. The van der Waals surface area contributed by atoms with Crippen molar-refractivity contribution in [3.05, 3.63) is 64.4 Å². The second-order valence-corrected chi connectivity index (χ2v) is 7.35. The third-order valence-corrected chi connectivity index (χ3v) is 4.79. The first-order valence-electron chi connectivity index (χ1n) is 9.32. The molecule has 3 aromatic rings. The van der Waals surface area contributed by atoms with Crippen LogP contribution >= 0.6 is 15.9 Å². The van der Waals surface area contributed by atoms with Crippen LogP contribution in [0.15, 0.2) is 58.1 Å². The molecule has 2 heterocycles. The smallest absolute Gasteiger partial charge is 0.250 e. The first-order chi connectivity index (χ1) is 14.7. The maximum Gasteiger partial charge on any atom is 0.250 e. The van der Waals surface area contributed by atoms with Gasteiger partial charge in [-0.05, 0) is 42.0 Å². The Labute approximate surface area is 181 Å². The van der Waals surface area contributed by atoms with Gasteiger partial charge in [-0.15, -0.1) is 0 Å². The number of morpholine rings is 1. The lowest BCUT2D eigenvalue weighted by molar-refractivity contribution is 0.122. The molecule has 0 spiro atoms. The SMILES string of the molecule is Fc1ccc(Nc2nc(NN=Cc3ccc(Br)cc3)nc(N3CCOCC3)n2)cc1. The summed E-state index contributed by atoms with van der Waals surface area (Å²) in [5.41, 5.74) is 4.46. The van der Waals surface area contributed by atoms with Gasteiger partial charge in [0.15, 0.2) is 0 Å². The first-order valence-corrected chi connectivity index (χ1v) is 10.1. The van der Waals surface area contributed by atoms with Gasteiger partial charge in [-0.25, -0.2) is 9.82 Å². The Morgan fingerprint density at radius 3 is 2.40 bits per heavy atom. The molecule has 0 aliphatic carbocycles. The van der Waals surface area contributed by atoms with Gasteiger partial charge in [0.25, 0.3) is 0 Å². The molecule has 0 radical (unpaired) electrons. The van der Waals surface area contributed by atoms with E-state index in [2.05, 4.69) is 46.7 Å². The summed E-state index contributed by atoms with van der Waals surface area (Å²) in [5.74, 6) is 0.831. The molecule has 0 atom stereocenters. The average Bonchev–Trinajstić information content (AvgIpc) is 2.77. The number of hydrogen-bond donors (Lipinski definition) is 2. The number of rotatable bonds is 6. The molecule has 1 aliphatic heterocycles. The van der Waals surface area contributed by atoms with Gasteiger partial charge in [-0.1, -0.05) is 28.1 Å². The highest BCUT2D eigenvalue weighted by Crippen LogP contribution is 2.19. The maximum absolute atomic E-state index is 13.2. The van der Waals surface area contributed by atoms with Crippen LogP contribution in [0.2, 0.25) is 0 Å². The summed E-state index contributed by atoms with van der Waals surface area (Å²) < 4.78 is 19.6. The van der Waals surface area contributed by atoms with E-state index in [0.717, 1.165) is 10.0 Å². The molecule has 0 unspecified atom stereocenters.